The van der Waals surface area contributed by atoms with Crippen LogP contribution in [0.15, 0.2) is 46.8 Å². The van der Waals surface area contributed by atoms with Crippen LogP contribution in [0.2, 0.25) is 0 Å². The van der Waals surface area contributed by atoms with Crippen LogP contribution in [0.5, 0.6) is 5.75 Å². The van der Waals surface area contributed by atoms with Crippen LogP contribution in [0, 0.1) is 18.8 Å². The number of thiophene rings is 1. The van der Waals surface area contributed by atoms with E-state index in [1.54, 1.807) is 13.3 Å². The summed E-state index contributed by atoms with van der Waals surface area (Å²) in [6.07, 6.45) is 4.80. The number of hydrogen-bond acceptors (Lipinski definition) is 7. The maximum absolute atomic E-state index is 11.6. The Morgan fingerprint density at radius 2 is 2.14 bits per heavy atom. The van der Waals surface area contributed by atoms with E-state index in [9.17, 15) is 15.0 Å². The number of hydrogen-bond donors (Lipinski definition) is 2. The molecule has 8 heteroatoms. The predicted octanol–water partition coefficient (Wildman–Crippen LogP) is 6.02. The second-order valence-electron chi connectivity index (χ2n) is 9.65. The zero-order valence-corrected chi connectivity index (χ0v) is 22.7. The quantitative estimate of drug-likeness (QED) is 0.220. The molecule has 0 amide bonds. The number of aromatic nitrogens is 1. The Morgan fingerprint density at radius 1 is 1.28 bits per heavy atom. The zero-order valence-electron chi connectivity index (χ0n) is 21.1. The number of aliphatic hydroxyl groups is 1. The minimum Gasteiger partial charge on any atom is -0.497 e. The smallest absolute Gasteiger partial charge is 0.303 e. The van der Waals surface area contributed by atoms with Crippen molar-refractivity contribution in [3.8, 4) is 5.75 Å². The molecule has 0 unspecified atom stereocenters. The predicted molar refractivity (Wildman–Crippen MR) is 147 cm³/mol. The largest absolute Gasteiger partial charge is 0.497 e. The van der Waals surface area contributed by atoms with Crippen molar-refractivity contribution in [2.75, 3.05) is 32.5 Å². The van der Waals surface area contributed by atoms with Crippen molar-refractivity contribution >= 4 is 40.0 Å². The van der Waals surface area contributed by atoms with Crippen LogP contribution in [0.3, 0.4) is 0 Å². The number of carboxylic acids is 1. The molecule has 2 N–H and O–H groups in total. The first-order chi connectivity index (χ1) is 17.4. The van der Waals surface area contributed by atoms with Crippen LogP contribution in [0.1, 0.15) is 48.6 Å². The molecule has 1 aliphatic rings. The summed E-state index contributed by atoms with van der Waals surface area (Å²) in [7, 11) is 1.63. The summed E-state index contributed by atoms with van der Waals surface area (Å²) in [5, 5.41) is 21.5. The number of likely N-dealkylation sites (tertiary alicyclic amines) is 1. The van der Waals surface area contributed by atoms with Crippen LogP contribution in [0.25, 0.3) is 10.9 Å². The van der Waals surface area contributed by atoms with E-state index in [1.165, 1.54) is 9.09 Å². The van der Waals surface area contributed by atoms with Crippen LogP contribution in [-0.4, -0.2) is 58.6 Å². The molecule has 3 atom stereocenters. The Bertz CT molecular complexity index is 1150. The highest BCUT2D eigenvalue weighted by Gasteiger charge is 2.31. The van der Waals surface area contributed by atoms with Crippen LogP contribution >= 0.6 is 23.1 Å². The Kier molecular flexibility index (Phi) is 9.65. The molecule has 0 saturated carbocycles. The summed E-state index contributed by atoms with van der Waals surface area (Å²) in [4.78, 5) is 19.8. The van der Waals surface area contributed by atoms with Gasteiger partial charge in [0.05, 0.1) is 22.9 Å². The third-order valence-electron chi connectivity index (χ3n) is 7.14. The van der Waals surface area contributed by atoms with E-state index in [0.29, 0.717) is 12.3 Å². The molecule has 1 aromatic carbocycles. The lowest BCUT2D eigenvalue weighted by Gasteiger charge is -2.38. The second-order valence-corrected chi connectivity index (χ2v) is 12.3. The van der Waals surface area contributed by atoms with Crippen LogP contribution in [-0.2, 0) is 4.79 Å². The normalized spacial score (nSPS) is 19.4. The Hall–Kier alpha value is -2.13. The minimum atomic E-state index is -0.733. The average Bonchev–Trinajstić information content (AvgIpc) is 3.29. The standard InChI is InChI=1S/C28H36N2O4S2/c1-19-4-9-28(36-19)35-15-3-13-30-14-11-20(21(18-30)16-27(32)33)5-8-26(31)23-10-12-29-25-7-6-22(34-2)17-24(23)25/h4,6-7,9-10,12,17,20-21,26,31H,3,5,8,11,13-16,18H2,1-2H3,(H,32,33)/t20-,21+,26-/m1/s1. The molecule has 194 valence electrons. The number of thioether (sulfide) groups is 1. The van der Waals surface area contributed by atoms with Gasteiger partial charge in [-0.3, -0.25) is 9.78 Å². The van der Waals surface area contributed by atoms with E-state index in [0.717, 1.165) is 66.9 Å². The fourth-order valence-electron chi connectivity index (χ4n) is 5.24. The molecule has 1 aliphatic heterocycles. The van der Waals surface area contributed by atoms with Crippen molar-refractivity contribution in [2.45, 2.75) is 49.3 Å². The summed E-state index contributed by atoms with van der Waals surface area (Å²) < 4.78 is 6.73. The van der Waals surface area contributed by atoms with Gasteiger partial charge in [-0.25, -0.2) is 0 Å². The van der Waals surface area contributed by atoms with E-state index in [4.69, 9.17) is 4.74 Å². The first-order valence-corrected chi connectivity index (χ1v) is 14.5. The summed E-state index contributed by atoms with van der Waals surface area (Å²) in [6.45, 7) is 4.96. The topological polar surface area (TPSA) is 82.9 Å². The number of methoxy groups -OCH3 is 1. The Morgan fingerprint density at radius 3 is 2.89 bits per heavy atom. The molecule has 0 bridgehead atoms. The molecule has 0 spiro atoms. The Balaban J connectivity index is 1.31. The van der Waals surface area contributed by atoms with Gasteiger partial charge in [-0.05, 0) is 99.5 Å². The zero-order chi connectivity index (χ0) is 25.5. The number of aliphatic hydroxyl groups excluding tert-OH is 1. The maximum atomic E-state index is 11.6. The van der Waals surface area contributed by atoms with Crippen molar-refractivity contribution < 1.29 is 19.7 Å². The number of ether oxygens (including phenoxy) is 1. The number of carbonyl (C=O) groups is 1. The van der Waals surface area contributed by atoms with Gasteiger partial charge in [-0.2, -0.15) is 0 Å². The molecule has 36 heavy (non-hydrogen) atoms. The third kappa shape index (κ3) is 7.22. The average molecular weight is 529 g/mol. The fourth-order valence-corrected chi connectivity index (χ4v) is 7.35. The molecule has 1 fully saturated rings. The number of pyridine rings is 1. The molecule has 3 heterocycles. The first-order valence-electron chi connectivity index (χ1n) is 12.7. The van der Waals surface area contributed by atoms with Gasteiger partial charge < -0.3 is 19.8 Å². The molecule has 3 aromatic rings. The number of carboxylic acid groups (broad SMARTS) is 1. The summed E-state index contributed by atoms with van der Waals surface area (Å²) in [5.41, 5.74) is 1.68. The van der Waals surface area contributed by atoms with Crippen molar-refractivity contribution in [3.05, 3.63) is 53.0 Å². The molecule has 0 radical (unpaired) electrons. The highest BCUT2D eigenvalue weighted by molar-refractivity contribution is 8.01. The molecule has 2 aromatic heterocycles. The van der Waals surface area contributed by atoms with Crippen molar-refractivity contribution in [1.82, 2.24) is 9.88 Å². The fraction of sp³-hybridized carbons (Fsp3) is 0.500. The van der Waals surface area contributed by atoms with Gasteiger partial charge in [-0.1, -0.05) is 0 Å². The molecular weight excluding hydrogens is 492 g/mol. The molecule has 0 aliphatic carbocycles. The van der Waals surface area contributed by atoms with Crippen LogP contribution in [0.4, 0.5) is 0 Å². The highest BCUT2D eigenvalue weighted by atomic mass is 32.2. The Labute approximate surface area is 221 Å². The van der Waals surface area contributed by atoms with Gasteiger partial charge in [0.25, 0.3) is 0 Å². The monoisotopic (exact) mass is 528 g/mol. The second kappa shape index (κ2) is 12.9. The number of benzene rings is 1. The van der Waals surface area contributed by atoms with E-state index < -0.39 is 12.1 Å². The number of rotatable bonds is 12. The van der Waals surface area contributed by atoms with Crippen molar-refractivity contribution in [1.29, 1.82) is 0 Å². The van der Waals surface area contributed by atoms with Crippen molar-refractivity contribution in [3.63, 3.8) is 0 Å². The summed E-state index contributed by atoms with van der Waals surface area (Å²) >= 11 is 3.76. The third-order valence-corrected chi connectivity index (χ3v) is 9.46. The lowest BCUT2D eigenvalue weighted by Crippen LogP contribution is -2.42. The molecule has 1 saturated heterocycles. The van der Waals surface area contributed by atoms with Gasteiger partial charge in [0.2, 0.25) is 0 Å². The SMILES string of the molecule is COc1ccc2nccc([C@H](O)CC[C@@H]3CCN(CCCSc4ccc(C)s4)C[C@@H]3CC(=O)O)c2c1. The summed E-state index contributed by atoms with van der Waals surface area (Å²) in [6, 6.07) is 11.9. The number of fused-ring (bicyclic) bond motifs is 1. The van der Waals surface area contributed by atoms with Crippen LogP contribution < -0.4 is 4.74 Å². The van der Waals surface area contributed by atoms with E-state index in [-0.39, 0.29) is 12.3 Å². The van der Waals surface area contributed by atoms with E-state index >= 15 is 0 Å². The van der Waals surface area contributed by atoms with Gasteiger partial charge in [0, 0.05) is 35.2 Å². The van der Waals surface area contributed by atoms with E-state index in [1.807, 2.05) is 47.4 Å². The van der Waals surface area contributed by atoms with Crippen molar-refractivity contribution in [2.24, 2.45) is 11.8 Å². The highest BCUT2D eigenvalue weighted by Crippen LogP contribution is 2.35. The molecule has 4 rings (SSSR count). The number of aliphatic carboxylic acids is 1. The number of piperidine rings is 1. The molecular formula is C28H36N2O4S2. The lowest BCUT2D eigenvalue weighted by molar-refractivity contribution is -0.139. The first kappa shape index (κ1) is 26.9. The minimum absolute atomic E-state index is 0.116. The van der Waals surface area contributed by atoms with E-state index in [2.05, 4.69) is 28.9 Å². The number of nitrogens with zero attached hydrogens (tertiary/aromatic N) is 2. The summed E-state index contributed by atoms with van der Waals surface area (Å²) in [5.74, 6) is 1.51. The van der Waals surface area contributed by atoms with Gasteiger partial charge in [0.15, 0.2) is 0 Å². The lowest BCUT2D eigenvalue weighted by atomic mass is 9.79. The van der Waals surface area contributed by atoms with Gasteiger partial charge in [0.1, 0.15) is 5.75 Å². The number of aryl methyl sites for hydroxylation is 1. The molecule has 6 nitrogen and oxygen atoms in total. The van der Waals surface area contributed by atoms with Gasteiger partial charge in [-0.15, -0.1) is 23.1 Å². The maximum Gasteiger partial charge on any atom is 0.303 e. The van der Waals surface area contributed by atoms with Gasteiger partial charge >= 0.3 is 5.97 Å².